The van der Waals surface area contributed by atoms with Crippen molar-refractivity contribution in [1.29, 1.82) is 0 Å². The van der Waals surface area contributed by atoms with Gasteiger partial charge in [0.05, 0.1) is 11.3 Å². The van der Waals surface area contributed by atoms with Crippen LogP contribution in [-0.4, -0.2) is 26.8 Å². The Morgan fingerprint density at radius 3 is 2.76 bits per heavy atom. The highest BCUT2D eigenvalue weighted by atomic mass is 16.4. The zero-order valence-electron chi connectivity index (χ0n) is 12.0. The van der Waals surface area contributed by atoms with Crippen LogP contribution in [0.5, 0.6) is 0 Å². The standard InChI is InChI=1S/C15H17N3O3/c1-3-18-13(7-10(2)17-18)14(19)16-9-11-5-4-6-12(8-11)15(20)21/h4-8H,3,9H2,1-2H3,(H,16,19)(H,20,21). The average molecular weight is 287 g/mol. The maximum absolute atomic E-state index is 12.1. The maximum Gasteiger partial charge on any atom is 0.335 e. The van der Waals surface area contributed by atoms with Gasteiger partial charge in [-0.05, 0) is 37.6 Å². The number of aromatic carboxylic acids is 1. The van der Waals surface area contributed by atoms with Crippen LogP contribution in [-0.2, 0) is 13.1 Å². The van der Waals surface area contributed by atoms with E-state index in [1.54, 1.807) is 28.9 Å². The van der Waals surface area contributed by atoms with Gasteiger partial charge >= 0.3 is 5.97 Å². The summed E-state index contributed by atoms with van der Waals surface area (Å²) in [7, 11) is 0. The van der Waals surface area contributed by atoms with Gasteiger partial charge in [0, 0.05) is 13.1 Å². The molecule has 21 heavy (non-hydrogen) atoms. The number of aryl methyl sites for hydroxylation is 2. The van der Waals surface area contributed by atoms with Crippen molar-refractivity contribution in [2.45, 2.75) is 26.9 Å². The first-order valence-electron chi connectivity index (χ1n) is 6.66. The van der Waals surface area contributed by atoms with E-state index in [2.05, 4.69) is 10.4 Å². The predicted octanol–water partition coefficient (Wildman–Crippen LogP) is 1.84. The second-order valence-electron chi connectivity index (χ2n) is 4.67. The van der Waals surface area contributed by atoms with E-state index in [4.69, 9.17) is 5.11 Å². The van der Waals surface area contributed by atoms with Crippen LogP contribution < -0.4 is 5.32 Å². The summed E-state index contributed by atoms with van der Waals surface area (Å²) in [4.78, 5) is 23.0. The van der Waals surface area contributed by atoms with Gasteiger partial charge < -0.3 is 10.4 Å². The topological polar surface area (TPSA) is 84.2 Å². The Morgan fingerprint density at radius 2 is 2.10 bits per heavy atom. The fourth-order valence-electron chi connectivity index (χ4n) is 2.06. The molecule has 0 saturated carbocycles. The molecular weight excluding hydrogens is 270 g/mol. The molecule has 0 aliphatic carbocycles. The molecule has 110 valence electrons. The van der Waals surface area contributed by atoms with Crippen molar-refractivity contribution in [2.75, 3.05) is 0 Å². The van der Waals surface area contributed by atoms with E-state index < -0.39 is 5.97 Å². The number of carbonyl (C=O) groups excluding carboxylic acids is 1. The zero-order chi connectivity index (χ0) is 15.4. The van der Waals surface area contributed by atoms with Crippen LogP contribution in [0.2, 0.25) is 0 Å². The van der Waals surface area contributed by atoms with E-state index in [-0.39, 0.29) is 18.0 Å². The number of amides is 1. The van der Waals surface area contributed by atoms with Gasteiger partial charge in [0.2, 0.25) is 0 Å². The first-order chi connectivity index (χ1) is 10.0. The molecule has 2 aromatic rings. The number of hydrogen-bond acceptors (Lipinski definition) is 3. The molecule has 2 N–H and O–H groups in total. The Labute approximate surface area is 122 Å². The van der Waals surface area contributed by atoms with E-state index in [9.17, 15) is 9.59 Å². The summed E-state index contributed by atoms with van der Waals surface area (Å²) >= 11 is 0. The zero-order valence-corrected chi connectivity index (χ0v) is 12.0. The van der Waals surface area contributed by atoms with Crippen LogP contribution in [0.1, 0.15) is 39.0 Å². The van der Waals surface area contributed by atoms with Crippen LogP contribution in [0.15, 0.2) is 30.3 Å². The number of benzene rings is 1. The molecular formula is C15H17N3O3. The van der Waals surface area contributed by atoms with Crippen LogP contribution in [0, 0.1) is 6.92 Å². The minimum absolute atomic E-state index is 0.205. The molecule has 1 aromatic carbocycles. The third kappa shape index (κ3) is 3.47. The molecule has 0 aliphatic heterocycles. The van der Waals surface area contributed by atoms with E-state index >= 15 is 0 Å². The van der Waals surface area contributed by atoms with Gasteiger partial charge in [0.1, 0.15) is 5.69 Å². The molecule has 0 radical (unpaired) electrons. The third-order valence-corrected chi connectivity index (χ3v) is 3.06. The molecule has 0 fully saturated rings. The fourth-order valence-corrected chi connectivity index (χ4v) is 2.06. The monoisotopic (exact) mass is 287 g/mol. The maximum atomic E-state index is 12.1. The average Bonchev–Trinajstić information content (AvgIpc) is 2.86. The molecule has 0 unspecified atom stereocenters. The lowest BCUT2D eigenvalue weighted by Gasteiger charge is -2.07. The van der Waals surface area contributed by atoms with Gasteiger partial charge in [-0.1, -0.05) is 12.1 Å². The summed E-state index contributed by atoms with van der Waals surface area (Å²) in [5, 5.41) is 15.9. The Hall–Kier alpha value is -2.63. The van der Waals surface area contributed by atoms with Gasteiger partial charge in [0.15, 0.2) is 0 Å². The number of aromatic nitrogens is 2. The summed E-state index contributed by atoms with van der Waals surface area (Å²) in [6, 6.07) is 8.22. The number of nitrogens with one attached hydrogen (secondary N) is 1. The number of carbonyl (C=O) groups is 2. The van der Waals surface area contributed by atoms with Crippen molar-refractivity contribution in [3.63, 3.8) is 0 Å². The number of carboxylic acids is 1. The van der Waals surface area contributed by atoms with Gasteiger partial charge in [-0.2, -0.15) is 5.10 Å². The lowest BCUT2D eigenvalue weighted by atomic mass is 10.1. The van der Waals surface area contributed by atoms with E-state index in [0.717, 1.165) is 11.3 Å². The summed E-state index contributed by atoms with van der Waals surface area (Å²) < 4.78 is 1.64. The van der Waals surface area contributed by atoms with Gasteiger partial charge in [0.25, 0.3) is 5.91 Å². The fraction of sp³-hybridized carbons (Fsp3) is 0.267. The van der Waals surface area contributed by atoms with Gasteiger partial charge in [-0.15, -0.1) is 0 Å². The van der Waals surface area contributed by atoms with E-state index in [0.29, 0.717) is 12.2 Å². The Kier molecular flexibility index (Phi) is 4.37. The van der Waals surface area contributed by atoms with Gasteiger partial charge in [-0.25, -0.2) is 4.79 Å². The molecule has 6 nitrogen and oxygen atoms in total. The Balaban J connectivity index is 2.07. The van der Waals surface area contributed by atoms with Crippen LogP contribution in [0.25, 0.3) is 0 Å². The van der Waals surface area contributed by atoms with Crippen LogP contribution in [0.4, 0.5) is 0 Å². The molecule has 1 amide bonds. The van der Waals surface area contributed by atoms with E-state index in [1.807, 2.05) is 13.8 Å². The number of rotatable bonds is 5. The van der Waals surface area contributed by atoms with Crippen LogP contribution >= 0.6 is 0 Å². The lowest BCUT2D eigenvalue weighted by molar-refractivity contribution is 0.0696. The highest BCUT2D eigenvalue weighted by Crippen LogP contribution is 2.07. The molecule has 0 spiro atoms. The second-order valence-corrected chi connectivity index (χ2v) is 4.67. The quantitative estimate of drug-likeness (QED) is 0.878. The molecule has 2 rings (SSSR count). The Bertz CT molecular complexity index is 677. The summed E-state index contributed by atoms with van der Waals surface area (Å²) in [6.07, 6.45) is 0. The first-order valence-corrected chi connectivity index (χ1v) is 6.66. The van der Waals surface area contributed by atoms with Gasteiger partial charge in [-0.3, -0.25) is 9.48 Å². The van der Waals surface area contributed by atoms with Crippen molar-refractivity contribution in [2.24, 2.45) is 0 Å². The minimum atomic E-state index is -0.983. The van der Waals surface area contributed by atoms with Crippen molar-refractivity contribution in [3.05, 3.63) is 52.8 Å². The third-order valence-electron chi connectivity index (χ3n) is 3.06. The molecule has 1 heterocycles. The summed E-state index contributed by atoms with van der Waals surface area (Å²) in [6.45, 7) is 4.64. The smallest absolute Gasteiger partial charge is 0.335 e. The SMILES string of the molecule is CCn1nc(C)cc1C(=O)NCc1cccc(C(=O)O)c1. The highest BCUT2D eigenvalue weighted by molar-refractivity contribution is 5.92. The second kappa shape index (κ2) is 6.21. The molecule has 1 aromatic heterocycles. The number of carboxylic acid groups (broad SMARTS) is 1. The number of nitrogens with zero attached hydrogens (tertiary/aromatic N) is 2. The Morgan fingerprint density at radius 1 is 1.33 bits per heavy atom. The minimum Gasteiger partial charge on any atom is -0.478 e. The van der Waals surface area contributed by atoms with E-state index in [1.165, 1.54) is 6.07 Å². The largest absolute Gasteiger partial charge is 0.478 e. The molecule has 0 bridgehead atoms. The lowest BCUT2D eigenvalue weighted by Crippen LogP contribution is -2.25. The first kappa shape index (κ1) is 14.8. The van der Waals surface area contributed by atoms with Crippen molar-refractivity contribution in [1.82, 2.24) is 15.1 Å². The summed E-state index contributed by atoms with van der Waals surface area (Å²) in [5.74, 6) is -1.21. The molecule has 0 saturated heterocycles. The molecule has 0 aliphatic rings. The number of hydrogen-bond donors (Lipinski definition) is 2. The van der Waals surface area contributed by atoms with Crippen LogP contribution in [0.3, 0.4) is 0 Å². The predicted molar refractivity (Wildman–Crippen MR) is 77.2 cm³/mol. The van der Waals surface area contributed by atoms with Crippen molar-refractivity contribution < 1.29 is 14.7 Å². The molecule has 0 atom stereocenters. The summed E-state index contributed by atoms with van der Waals surface area (Å²) in [5.41, 5.74) is 2.23. The normalized spacial score (nSPS) is 10.4. The highest BCUT2D eigenvalue weighted by Gasteiger charge is 2.13. The van der Waals surface area contributed by atoms with Crippen molar-refractivity contribution >= 4 is 11.9 Å². The molecule has 6 heteroatoms. The van der Waals surface area contributed by atoms with Crippen molar-refractivity contribution in [3.8, 4) is 0 Å².